The molecule has 27 heavy (non-hydrogen) atoms. The standard InChI is InChI=1S/C18H17N5O4/c1-9-12(8-19-23(9)3)16-7-14(22-27-16)18(25)20-11-4-5-15-13(6-11)21-17(24)10(2)26-15/h4-8,10H,1-3H3,(H,20,25)(H,21,24)/t10-/m0/s1. The van der Waals surface area contributed by atoms with E-state index in [1.165, 1.54) is 0 Å². The molecule has 0 saturated carbocycles. The smallest absolute Gasteiger partial charge is 0.277 e. The Morgan fingerprint density at radius 2 is 2.15 bits per heavy atom. The number of fused-ring (bicyclic) bond motifs is 1. The zero-order valence-corrected chi connectivity index (χ0v) is 14.9. The van der Waals surface area contributed by atoms with Gasteiger partial charge in [0.25, 0.3) is 11.8 Å². The lowest BCUT2D eigenvalue weighted by Crippen LogP contribution is -2.34. The molecular weight excluding hydrogens is 350 g/mol. The van der Waals surface area contributed by atoms with Gasteiger partial charge >= 0.3 is 0 Å². The Bertz CT molecular complexity index is 1050. The zero-order chi connectivity index (χ0) is 19.1. The van der Waals surface area contributed by atoms with E-state index in [0.717, 1.165) is 11.3 Å². The molecular formula is C18H17N5O4. The third kappa shape index (κ3) is 3.03. The lowest BCUT2D eigenvalue weighted by atomic mass is 10.2. The number of carbonyl (C=O) groups is 2. The number of rotatable bonds is 3. The van der Waals surface area contributed by atoms with Gasteiger partial charge in [-0.25, -0.2) is 0 Å². The molecule has 2 N–H and O–H groups in total. The van der Waals surface area contributed by atoms with Gasteiger partial charge in [0.1, 0.15) is 5.75 Å². The van der Waals surface area contributed by atoms with Gasteiger partial charge in [-0.3, -0.25) is 14.3 Å². The van der Waals surface area contributed by atoms with Crippen molar-refractivity contribution in [1.29, 1.82) is 0 Å². The molecule has 9 heteroatoms. The fraction of sp³-hybridized carbons (Fsp3) is 0.222. The first kappa shape index (κ1) is 16.8. The number of hydrogen-bond acceptors (Lipinski definition) is 6. The van der Waals surface area contributed by atoms with E-state index in [0.29, 0.717) is 22.9 Å². The second kappa shape index (κ2) is 6.27. The van der Waals surface area contributed by atoms with E-state index in [2.05, 4.69) is 20.9 Å². The summed E-state index contributed by atoms with van der Waals surface area (Å²) >= 11 is 0. The average molecular weight is 367 g/mol. The van der Waals surface area contributed by atoms with Crippen molar-refractivity contribution in [1.82, 2.24) is 14.9 Å². The molecule has 0 fully saturated rings. The summed E-state index contributed by atoms with van der Waals surface area (Å²) in [4.78, 5) is 24.2. The van der Waals surface area contributed by atoms with Gasteiger partial charge in [-0.2, -0.15) is 5.10 Å². The monoisotopic (exact) mass is 367 g/mol. The fourth-order valence-corrected chi connectivity index (χ4v) is 2.73. The summed E-state index contributed by atoms with van der Waals surface area (Å²) in [7, 11) is 1.82. The molecule has 9 nitrogen and oxygen atoms in total. The summed E-state index contributed by atoms with van der Waals surface area (Å²) in [6.45, 7) is 3.56. The summed E-state index contributed by atoms with van der Waals surface area (Å²) in [5.74, 6) is 0.351. The van der Waals surface area contributed by atoms with Crippen LogP contribution in [-0.2, 0) is 11.8 Å². The van der Waals surface area contributed by atoms with Crippen LogP contribution < -0.4 is 15.4 Å². The van der Waals surface area contributed by atoms with Crippen LogP contribution in [0.5, 0.6) is 5.75 Å². The van der Waals surface area contributed by atoms with Gasteiger partial charge < -0.3 is 19.9 Å². The molecule has 0 saturated heterocycles. The summed E-state index contributed by atoms with van der Waals surface area (Å²) in [6, 6.07) is 6.56. The largest absolute Gasteiger partial charge is 0.479 e. The van der Waals surface area contributed by atoms with Crippen LogP contribution in [0.3, 0.4) is 0 Å². The van der Waals surface area contributed by atoms with Crippen molar-refractivity contribution in [3.05, 3.63) is 41.9 Å². The lowest BCUT2D eigenvalue weighted by Gasteiger charge is -2.23. The second-order valence-corrected chi connectivity index (χ2v) is 6.26. The van der Waals surface area contributed by atoms with Crippen molar-refractivity contribution >= 4 is 23.2 Å². The van der Waals surface area contributed by atoms with Gasteiger partial charge in [0.15, 0.2) is 17.6 Å². The molecule has 0 aliphatic carbocycles. The highest BCUT2D eigenvalue weighted by molar-refractivity contribution is 6.04. The van der Waals surface area contributed by atoms with Gasteiger partial charge in [-0.05, 0) is 32.0 Å². The van der Waals surface area contributed by atoms with Gasteiger partial charge in [-0.15, -0.1) is 0 Å². The van der Waals surface area contributed by atoms with Gasteiger partial charge in [0.05, 0.1) is 17.4 Å². The van der Waals surface area contributed by atoms with Crippen LogP contribution in [0.2, 0.25) is 0 Å². The summed E-state index contributed by atoms with van der Waals surface area (Å²) in [5, 5.41) is 13.4. The fourth-order valence-electron chi connectivity index (χ4n) is 2.73. The minimum Gasteiger partial charge on any atom is -0.479 e. The summed E-state index contributed by atoms with van der Waals surface area (Å²) < 4.78 is 12.5. The molecule has 1 atom stereocenters. The maximum absolute atomic E-state index is 12.5. The number of benzene rings is 1. The zero-order valence-electron chi connectivity index (χ0n) is 14.9. The summed E-state index contributed by atoms with van der Waals surface area (Å²) in [5.41, 5.74) is 2.81. The number of aryl methyl sites for hydroxylation is 1. The topological polar surface area (TPSA) is 111 Å². The minimum atomic E-state index is -0.553. The van der Waals surface area contributed by atoms with Crippen molar-refractivity contribution in [3.63, 3.8) is 0 Å². The molecule has 4 rings (SSSR count). The highest BCUT2D eigenvalue weighted by Gasteiger charge is 2.24. The Morgan fingerprint density at radius 3 is 2.89 bits per heavy atom. The predicted octanol–water partition coefficient (Wildman–Crippen LogP) is 2.36. The molecule has 3 aromatic rings. The Morgan fingerprint density at radius 1 is 1.33 bits per heavy atom. The number of aromatic nitrogens is 3. The van der Waals surface area contributed by atoms with E-state index < -0.39 is 12.0 Å². The Hall–Kier alpha value is -3.62. The maximum atomic E-state index is 12.5. The maximum Gasteiger partial charge on any atom is 0.277 e. The quantitative estimate of drug-likeness (QED) is 0.735. The molecule has 1 aliphatic rings. The number of nitrogens with one attached hydrogen (secondary N) is 2. The first-order valence-corrected chi connectivity index (χ1v) is 8.31. The minimum absolute atomic E-state index is 0.139. The number of ether oxygens (including phenoxy) is 1. The van der Waals surface area contributed by atoms with Gasteiger partial charge in [-0.1, -0.05) is 5.16 Å². The second-order valence-electron chi connectivity index (χ2n) is 6.26. The first-order valence-electron chi connectivity index (χ1n) is 8.31. The first-order chi connectivity index (χ1) is 12.9. The molecule has 1 aromatic carbocycles. The normalized spacial score (nSPS) is 15.7. The van der Waals surface area contributed by atoms with E-state index in [-0.39, 0.29) is 11.6 Å². The SMILES string of the molecule is Cc1c(-c2cc(C(=O)Nc3ccc4c(c3)NC(=O)[C@H](C)O4)no2)cnn1C. The van der Waals surface area contributed by atoms with Crippen molar-refractivity contribution < 1.29 is 18.8 Å². The van der Waals surface area contributed by atoms with Crippen molar-refractivity contribution in [2.45, 2.75) is 20.0 Å². The Kier molecular flexibility index (Phi) is 3.91. The summed E-state index contributed by atoms with van der Waals surface area (Å²) in [6.07, 6.45) is 1.10. The third-order valence-corrected chi connectivity index (χ3v) is 4.41. The number of carbonyl (C=O) groups excluding carboxylic acids is 2. The van der Waals surface area contributed by atoms with E-state index in [1.54, 1.807) is 42.1 Å². The van der Waals surface area contributed by atoms with E-state index in [9.17, 15) is 9.59 Å². The Labute approximate surface area is 154 Å². The number of anilines is 2. The van der Waals surface area contributed by atoms with Crippen molar-refractivity contribution in [2.75, 3.05) is 10.6 Å². The van der Waals surface area contributed by atoms with Crippen LogP contribution in [0.15, 0.2) is 35.0 Å². The van der Waals surface area contributed by atoms with Crippen LogP contribution in [0.4, 0.5) is 11.4 Å². The molecule has 138 valence electrons. The van der Waals surface area contributed by atoms with Crippen molar-refractivity contribution in [2.24, 2.45) is 7.05 Å². The molecule has 0 bridgehead atoms. The van der Waals surface area contributed by atoms with E-state index in [4.69, 9.17) is 9.26 Å². The molecule has 0 unspecified atom stereocenters. The van der Waals surface area contributed by atoms with Crippen LogP contribution in [0, 0.1) is 6.92 Å². The highest BCUT2D eigenvalue weighted by Crippen LogP contribution is 2.32. The molecule has 2 aromatic heterocycles. The lowest BCUT2D eigenvalue weighted by molar-refractivity contribution is -0.122. The molecule has 2 amide bonds. The van der Waals surface area contributed by atoms with Crippen LogP contribution >= 0.6 is 0 Å². The molecule has 0 radical (unpaired) electrons. The molecule has 3 heterocycles. The number of hydrogen-bond donors (Lipinski definition) is 2. The number of amides is 2. The number of nitrogens with zero attached hydrogens (tertiary/aromatic N) is 3. The molecule has 1 aliphatic heterocycles. The van der Waals surface area contributed by atoms with Crippen LogP contribution in [0.1, 0.15) is 23.1 Å². The predicted molar refractivity (Wildman–Crippen MR) is 96.6 cm³/mol. The van der Waals surface area contributed by atoms with E-state index in [1.807, 2.05) is 14.0 Å². The van der Waals surface area contributed by atoms with Crippen molar-refractivity contribution in [3.8, 4) is 17.1 Å². The highest BCUT2D eigenvalue weighted by atomic mass is 16.5. The van der Waals surface area contributed by atoms with Crippen LogP contribution in [-0.4, -0.2) is 32.9 Å². The average Bonchev–Trinajstić information content (AvgIpc) is 3.24. The van der Waals surface area contributed by atoms with Crippen LogP contribution in [0.25, 0.3) is 11.3 Å². The van der Waals surface area contributed by atoms with Gasteiger partial charge in [0.2, 0.25) is 0 Å². The van der Waals surface area contributed by atoms with Gasteiger partial charge in [0, 0.05) is 24.5 Å². The van der Waals surface area contributed by atoms with E-state index >= 15 is 0 Å². The molecule has 0 spiro atoms. The third-order valence-electron chi connectivity index (χ3n) is 4.41. The Balaban J connectivity index is 1.53.